The monoisotopic (exact) mass is 735 g/mol. The molecule has 11 aromatic rings. The van der Waals surface area contributed by atoms with Crippen molar-refractivity contribution >= 4 is 90.9 Å². The molecule has 3 heteroatoms. The molecule has 1 nitrogen and oxygen atoms in total. The summed E-state index contributed by atoms with van der Waals surface area (Å²) in [5.41, 5.74) is 10.7. The first-order chi connectivity index (χ1) is 27.3. The van der Waals surface area contributed by atoms with Gasteiger partial charge in [0.15, 0.2) is 0 Å². The van der Waals surface area contributed by atoms with E-state index >= 15 is 0 Å². The molecule has 55 heavy (non-hydrogen) atoms. The molecule has 0 fully saturated rings. The van der Waals surface area contributed by atoms with Gasteiger partial charge in [0.05, 0.1) is 11.4 Å². The van der Waals surface area contributed by atoms with Crippen molar-refractivity contribution in [1.29, 1.82) is 0 Å². The molecule has 258 valence electrons. The van der Waals surface area contributed by atoms with Crippen LogP contribution in [0.2, 0.25) is 0 Å². The van der Waals surface area contributed by atoms with Crippen molar-refractivity contribution in [2.75, 3.05) is 4.90 Å². The lowest BCUT2D eigenvalue weighted by Crippen LogP contribution is -2.11. The first-order valence-electron chi connectivity index (χ1n) is 18.7. The Labute approximate surface area is 327 Å². The molecule has 0 radical (unpaired) electrons. The second-order valence-corrected chi connectivity index (χ2v) is 16.2. The summed E-state index contributed by atoms with van der Waals surface area (Å²) < 4.78 is 5.21. The Hall–Kier alpha value is -6.52. The van der Waals surface area contributed by atoms with Crippen LogP contribution in [0.25, 0.3) is 84.5 Å². The van der Waals surface area contributed by atoms with Crippen LogP contribution in [0.1, 0.15) is 0 Å². The molecule has 0 spiro atoms. The number of hydrogen-bond donors (Lipinski definition) is 0. The Kier molecular flexibility index (Phi) is 7.61. The molecule has 2 aromatic heterocycles. The lowest BCUT2D eigenvalue weighted by Gasteiger charge is -2.29. The molecule has 0 aliphatic rings. The van der Waals surface area contributed by atoms with E-state index in [4.69, 9.17) is 0 Å². The summed E-state index contributed by atoms with van der Waals surface area (Å²) in [7, 11) is 0. The van der Waals surface area contributed by atoms with Crippen LogP contribution in [0.4, 0.5) is 17.1 Å². The van der Waals surface area contributed by atoms with Crippen molar-refractivity contribution in [3.8, 4) is 33.4 Å². The van der Waals surface area contributed by atoms with E-state index in [1.165, 1.54) is 90.2 Å². The number of rotatable bonds is 6. The molecule has 0 bridgehead atoms. The predicted octanol–water partition coefficient (Wildman–Crippen LogP) is 16.0. The second-order valence-electron chi connectivity index (χ2n) is 14.1. The van der Waals surface area contributed by atoms with Crippen LogP contribution < -0.4 is 4.90 Å². The maximum Gasteiger partial charge on any atom is 0.0555 e. The molecule has 9 aromatic carbocycles. The summed E-state index contributed by atoms with van der Waals surface area (Å²) in [6.45, 7) is 0. The molecular formula is C52H33NS2. The fourth-order valence-corrected chi connectivity index (χ4v) is 10.5. The Morgan fingerprint density at radius 2 is 0.873 bits per heavy atom. The Bertz CT molecular complexity index is 3240. The first kappa shape index (κ1) is 32.0. The SMILES string of the molecule is c1cc(-c2ccccc2-c2ccc3ccccc3c2)cc(N(c2ccccc2-c2ccc3sc4ccccc4c3c2)c2cccc3sc4ccccc4c23)c1. The summed E-state index contributed by atoms with van der Waals surface area (Å²) in [4.78, 5) is 2.49. The van der Waals surface area contributed by atoms with Crippen LogP contribution in [-0.2, 0) is 0 Å². The van der Waals surface area contributed by atoms with Crippen molar-refractivity contribution in [2.24, 2.45) is 0 Å². The third-order valence-electron chi connectivity index (χ3n) is 10.9. The highest BCUT2D eigenvalue weighted by Gasteiger charge is 2.22. The third-order valence-corrected chi connectivity index (χ3v) is 13.1. The van der Waals surface area contributed by atoms with Gasteiger partial charge >= 0.3 is 0 Å². The van der Waals surface area contributed by atoms with Gasteiger partial charge in [0.1, 0.15) is 0 Å². The summed E-state index contributed by atoms with van der Waals surface area (Å²) in [5, 5.41) is 7.67. The fourth-order valence-electron chi connectivity index (χ4n) is 8.31. The zero-order chi connectivity index (χ0) is 36.3. The molecule has 0 aliphatic heterocycles. The highest BCUT2D eigenvalue weighted by atomic mass is 32.1. The number of nitrogens with zero attached hydrogens (tertiary/aromatic N) is 1. The van der Waals surface area contributed by atoms with E-state index in [-0.39, 0.29) is 0 Å². The van der Waals surface area contributed by atoms with Crippen LogP contribution >= 0.6 is 22.7 Å². The molecule has 2 heterocycles. The Balaban J connectivity index is 1.14. The van der Waals surface area contributed by atoms with Crippen molar-refractivity contribution in [1.82, 2.24) is 0 Å². The zero-order valence-electron chi connectivity index (χ0n) is 29.8. The summed E-state index contributed by atoms with van der Waals surface area (Å²) in [5.74, 6) is 0. The van der Waals surface area contributed by atoms with E-state index in [2.05, 4.69) is 205 Å². The normalized spacial score (nSPS) is 11.6. The largest absolute Gasteiger partial charge is 0.309 e. The van der Waals surface area contributed by atoms with Crippen LogP contribution in [0.3, 0.4) is 0 Å². The van der Waals surface area contributed by atoms with Crippen molar-refractivity contribution in [3.63, 3.8) is 0 Å². The summed E-state index contributed by atoms with van der Waals surface area (Å²) in [6, 6.07) is 73.6. The van der Waals surface area contributed by atoms with Gasteiger partial charge in [0.2, 0.25) is 0 Å². The van der Waals surface area contributed by atoms with Crippen molar-refractivity contribution < 1.29 is 0 Å². The van der Waals surface area contributed by atoms with Gasteiger partial charge in [-0.15, -0.1) is 22.7 Å². The fraction of sp³-hybridized carbons (Fsp3) is 0. The van der Waals surface area contributed by atoms with E-state index < -0.39 is 0 Å². The molecule has 0 aliphatic carbocycles. The van der Waals surface area contributed by atoms with Gasteiger partial charge in [-0.25, -0.2) is 0 Å². The van der Waals surface area contributed by atoms with Gasteiger partial charge in [-0.1, -0.05) is 140 Å². The molecule has 0 amide bonds. The molecule has 0 saturated carbocycles. The number of para-hydroxylation sites is 1. The van der Waals surface area contributed by atoms with E-state index in [1.807, 2.05) is 22.7 Å². The summed E-state index contributed by atoms with van der Waals surface area (Å²) in [6.07, 6.45) is 0. The highest BCUT2D eigenvalue weighted by molar-refractivity contribution is 7.26. The lowest BCUT2D eigenvalue weighted by molar-refractivity contribution is 1.30. The van der Waals surface area contributed by atoms with Gasteiger partial charge in [0.25, 0.3) is 0 Å². The smallest absolute Gasteiger partial charge is 0.0555 e. The number of anilines is 3. The van der Waals surface area contributed by atoms with Crippen LogP contribution in [-0.4, -0.2) is 0 Å². The molecule has 0 N–H and O–H groups in total. The lowest BCUT2D eigenvalue weighted by atomic mass is 9.93. The Morgan fingerprint density at radius 1 is 0.309 bits per heavy atom. The van der Waals surface area contributed by atoms with Crippen LogP contribution in [0, 0.1) is 0 Å². The minimum Gasteiger partial charge on any atom is -0.309 e. The minimum atomic E-state index is 1.11. The molecule has 11 rings (SSSR count). The van der Waals surface area contributed by atoms with E-state index in [0.717, 1.165) is 11.4 Å². The van der Waals surface area contributed by atoms with Gasteiger partial charge < -0.3 is 4.90 Å². The number of hydrogen-bond acceptors (Lipinski definition) is 3. The predicted molar refractivity (Wildman–Crippen MR) is 241 cm³/mol. The average molecular weight is 736 g/mol. The molecule has 0 atom stereocenters. The quantitative estimate of drug-likeness (QED) is 0.164. The topological polar surface area (TPSA) is 3.24 Å². The molecular weight excluding hydrogens is 703 g/mol. The highest BCUT2D eigenvalue weighted by Crippen LogP contribution is 2.48. The number of thiophene rings is 2. The maximum absolute atomic E-state index is 2.49. The van der Waals surface area contributed by atoms with Crippen LogP contribution in [0.15, 0.2) is 200 Å². The van der Waals surface area contributed by atoms with Crippen molar-refractivity contribution in [2.45, 2.75) is 0 Å². The van der Waals surface area contributed by atoms with Crippen molar-refractivity contribution in [3.05, 3.63) is 200 Å². The second kappa shape index (κ2) is 13.1. The van der Waals surface area contributed by atoms with Gasteiger partial charge in [-0.05, 0) is 99.3 Å². The van der Waals surface area contributed by atoms with Crippen LogP contribution in [0.5, 0.6) is 0 Å². The zero-order valence-corrected chi connectivity index (χ0v) is 31.4. The Morgan fingerprint density at radius 3 is 1.73 bits per heavy atom. The number of benzene rings is 9. The first-order valence-corrected chi connectivity index (χ1v) is 20.3. The maximum atomic E-state index is 2.49. The molecule has 0 unspecified atom stereocenters. The molecule has 0 saturated heterocycles. The van der Waals surface area contributed by atoms with Gasteiger partial charge in [0, 0.05) is 51.6 Å². The van der Waals surface area contributed by atoms with E-state index in [0.29, 0.717) is 0 Å². The average Bonchev–Trinajstić information content (AvgIpc) is 3.82. The van der Waals surface area contributed by atoms with Gasteiger partial charge in [-0.3, -0.25) is 0 Å². The minimum absolute atomic E-state index is 1.11. The number of fused-ring (bicyclic) bond motifs is 7. The standard InChI is InChI=1S/C52H33NS2/c1-2-14-35-31-37(28-27-34(35)13-1)41-18-4-3-17-40(41)36-15-11-16-39(32-36)53(47-23-12-26-51-52(47)44-21-7-10-25-49(44)55-51)46-22-8-5-19-42(46)38-29-30-50-45(33-38)43-20-6-9-24-48(43)54-50/h1-33H. The van der Waals surface area contributed by atoms with E-state index in [1.54, 1.807) is 0 Å². The van der Waals surface area contributed by atoms with E-state index in [9.17, 15) is 0 Å². The van der Waals surface area contributed by atoms with Gasteiger partial charge in [-0.2, -0.15) is 0 Å². The third kappa shape index (κ3) is 5.43. The summed E-state index contributed by atoms with van der Waals surface area (Å²) >= 11 is 3.73.